The molecule has 2 fully saturated rings. The minimum absolute atomic E-state index is 0.0433. The van der Waals surface area contributed by atoms with E-state index in [-0.39, 0.29) is 15.8 Å². The Morgan fingerprint density at radius 2 is 0.786 bits per heavy atom. The quantitative estimate of drug-likeness (QED) is 0.418. The van der Waals surface area contributed by atoms with Gasteiger partial charge >= 0.3 is 0 Å². The molecule has 0 bridgehead atoms. The SMILES string of the molecule is CC(C)[C@@H]1CC[C@@H](C(C)C)P1c1ccccc1P1[C@H](C(C)C)CC[C@H]1C(C)C. The minimum atomic E-state index is -0.0433. The molecule has 0 saturated carbocycles. The van der Waals surface area contributed by atoms with E-state index < -0.39 is 0 Å². The Balaban J connectivity index is 2.08. The Morgan fingerprint density at radius 3 is 1.00 bits per heavy atom. The van der Waals surface area contributed by atoms with Gasteiger partial charge in [0.25, 0.3) is 0 Å². The van der Waals surface area contributed by atoms with E-state index in [9.17, 15) is 0 Å². The summed E-state index contributed by atoms with van der Waals surface area (Å²) in [5.74, 6) is 3.28. The van der Waals surface area contributed by atoms with Crippen molar-refractivity contribution in [2.75, 3.05) is 0 Å². The van der Waals surface area contributed by atoms with Crippen LogP contribution in [0.3, 0.4) is 0 Å². The second-order valence-corrected chi connectivity index (χ2v) is 15.9. The summed E-state index contributed by atoms with van der Waals surface area (Å²) in [4.78, 5) is 0. The molecule has 2 aliphatic heterocycles. The van der Waals surface area contributed by atoms with Crippen molar-refractivity contribution in [2.24, 2.45) is 23.7 Å². The van der Waals surface area contributed by atoms with Gasteiger partial charge in [0.2, 0.25) is 0 Å². The zero-order chi connectivity index (χ0) is 20.6. The monoisotopic (exact) mass is 418 g/mol. The van der Waals surface area contributed by atoms with Gasteiger partial charge in [-0.3, -0.25) is 0 Å². The molecule has 0 radical (unpaired) electrons. The molecule has 0 spiro atoms. The van der Waals surface area contributed by atoms with Crippen LogP contribution in [0.2, 0.25) is 0 Å². The summed E-state index contributed by atoms with van der Waals surface area (Å²) in [6.07, 6.45) is 5.83. The summed E-state index contributed by atoms with van der Waals surface area (Å²) in [6.45, 7) is 19.9. The first kappa shape index (κ1) is 22.8. The van der Waals surface area contributed by atoms with E-state index in [1.165, 1.54) is 25.7 Å². The zero-order valence-electron chi connectivity index (χ0n) is 19.7. The third kappa shape index (κ3) is 4.40. The summed E-state index contributed by atoms with van der Waals surface area (Å²) < 4.78 is 0. The lowest BCUT2D eigenvalue weighted by Crippen LogP contribution is -2.34. The third-order valence-corrected chi connectivity index (χ3v) is 15.8. The second kappa shape index (κ2) is 9.48. The number of rotatable bonds is 6. The van der Waals surface area contributed by atoms with E-state index in [1.54, 1.807) is 0 Å². The Kier molecular flexibility index (Phi) is 7.70. The molecule has 0 N–H and O–H groups in total. The fourth-order valence-corrected chi connectivity index (χ4v) is 14.5. The van der Waals surface area contributed by atoms with Crippen molar-refractivity contribution >= 4 is 26.5 Å². The van der Waals surface area contributed by atoms with Crippen molar-refractivity contribution < 1.29 is 0 Å². The number of hydrogen-bond donors (Lipinski definition) is 0. The molecule has 2 heterocycles. The molecule has 2 aliphatic rings. The van der Waals surface area contributed by atoms with E-state index in [4.69, 9.17) is 0 Å². The van der Waals surface area contributed by atoms with Crippen LogP contribution in [0.25, 0.3) is 0 Å². The first-order valence-corrected chi connectivity index (χ1v) is 14.9. The van der Waals surface area contributed by atoms with Crippen LogP contribution in [0.1, 0.15) is 81.1 Å². The van der Waals surface area contributed by atoms with Crippen LogP contribution in [-0.2, 0) is 0 Å². The summed E-state index contributed by atoms with van der Waals surface area (Å²) >= 11 is 0. The van der Waals surface area contributed by atoms with Gasteiger partial charge in [0.15, 0.2) is 0 Å². The third-order valence-electron chi connectivity index (χ3n) is 7.46. The first-order chi connectivity index (χ1) is 13.2. The second-order valence-electron chi connectivity index (χ2n) is 10.7. The standard InChI is InChI=1S/C26H44P2/c1-17(2)21-13-14-22(18(3)4)27(21)25-11-9-10-12-26(25)28-23(19(5)6)15-16-24(28)20(7)8/h9-12,17-24H,13-16H2,1-8H3/t21-,22-,23-,24-/m0/s1. The summed E-state index contributed by atoms with van der Waals surface area (Å²) in [5, 5.41) is 3.66. The molecule has 1 aromatic rings. The fourth-order valence-electron chi connectivity index (χ4n) is 5.96. The summed E-state index contributed by atoms with van der Waals surface area (Å²) in [6, 6.07) is 9.86. The molecule has 0 aliphatic carbocycles. The van der Waals surface area contributed by atoms with Crippen LogP contribution in [0.5, 0.6) is 0 Å². The first-order valence-electron chi connectivity index (χ1n) is 11.9. The lowest BCUT2D eigenvalue weighted by atomic mass is 10.0. The zero-order valence-corrected chi connectivity index (χ0v) is 21.4. The highest BCUT2D eigenvalue weighted by Crippen LogP contribution is 2.63. The molecule has 1 aromatic carbocycles. The largest absolute Gasteiger partial charge is 0.0677 e. The molecule has 28 heavy (non-hydrogen) atoms. The van der Waals surface area contributed by atoms with Crippen LogP contribution in [-0.4, -0.2) is 22.6 Å². The lowest BCUT2D eigenvalue weighted by Gasteiger charge is -2.37. The highest BCUT2D eigenvalue weighted by atomic mass is 31.1. The van der Waals surface area contributed by atoms with Crippen molar-refractivity contribution in [3.63, 3.8) is 0 Å². The van der Waals surface area contributed by atoms with E-state index >= 15 is 0 Å². The molecule has 0 aromatic heterocycles. The van der Waals surface area contributed by atoms with Crippen LogP contribution in [0.4, 0.5) is 0 Å². The Bertz CT molecular complexity index is 546. The molecule has 0 amide bonds. The van der Waals surface area contributed by atoms with Gasteiger partial charge in [0.05, 0.1) is 0 Å². The molecular weight excluding hydrogens is 374 g/mol. The molecule has 0 nitrogen and oxygen atoms in total. The number of benzene rings is 1. The summed E-state index contributed by atoms with van der Waals surface area (Å²) in [5.41, 5.74) is 3.71. The maximum absolute atomic E-state index is 2.58. The van der Waals surface area contributed by atoms with Gasteiger partial charge in [-0.2, -0.15) is 0 Å². The average molecular weight is 419 g/mol. The topological polar surface area (TPSA) is 0 Å². The van der Waals surface area contributed by atoms with E-state index in [1.807, 2.05) is 10.6 Å². The van der Waals surface area contributed by atoms with Crippen LogP contribution in [0.15, 0.2) is 24.3 Å². The van der Waals surface area contributed by atoms with Gasteiger partial charge < -0.3 is 0 Å². The van der Waals surface area contributed by atoms with E-state index in [0.29, 0.717) is 0 Å². The van der Waals surface area contributed by atoms with Gasteiger partial charge in [0.1, 0.15) is 0 Å². The predicted molar refractivity (Wildman–Crippen MR) is 133 cm³/mol. The van der Waals surface area contributed by atoms with Gasteiger partial charge in [-0.25, -0.2) is 0 Å². The molecule has 4 atom stereocenters. The van der Waals surface area contributed by atoms with Crippen molar-refractivity contribution in [3.05, 3.63) is 24.3 Å². The number of hydrogen-bond acceptors (Lipinski definition) is 0. The average Bonchev–Trinajstić information content (AvgIpc) is 3.26. The highest BCUT2D eigenvalue weighted by Gasteiger charge is 2.44. The predicted octanol–water partition coefficient (Wildman–Crippen LogP) is 7.59. The molecule has 0 unspecified atom stereocenters. The maximum Gasteiger partial charge on any atom is -0.0143 e. The van der Waals surface area contributed by atoms with Crippen LogP contribution in [0, 0.1) is 23.7 Å². The Morgan fingerprint density at radius 1 is 0.536 bits per heavy atom. The molecule has 2 saturated heterocycles. The molecular formula is C26H44P2. The van der Waals surface area contributed by atoms with Gasteiger partial charge in [0, 0.05) is 0 Å². The van der Waals surface area contributed by atoms with Crippen LogP contribution < -0.4 is 10.6 Å². The Hall–Kier alpha value is 0.0800. The van der Waals surface area contributed by atoms with Crippen LogP contribution >= 0.6 is 15.8 Å². The smallest absolute Gasteiger partial charge is 0.0143 e. The van der Waals surface area contributed by atoms with Crippen molar-refractivity contribution in [3.8, 4) is 0 Å². The van der Waals surface area contributed by atoms with Crippen molar-refractivity contribution in [1.29, 1.82) is 0 Å². The molecule has 2 heteroatoms. The van der Waals surface area contributed by atoms with E-state index in [2.05, 4.69) is 79.7 Å². The highest BCUT2D eigenvalue weighted by molar-refractivity contribution is 7.73. The van der Waals surface area contributed by atoms with Crippen molar-refractivity contribution in [1.82, 2.24) is 0 Å². The normalized spacial score (nSPS) is 29.9. The molecule has 158 valence electrons. The van der Waals surface area contributed by atoms with Gasteiger partial charge in [-0.1, -0.05) is 95.5 Å². The van der Waals surface area contributed by atoms with Gasteiger partial charge in [-0.05, 0) is 82.6 Å². The minimum Gasteiger partial charge on any atom is -0.0677 e. The van der Waals surface area contributed by atoms with Crippen molar-refractivity contribution in [2.45, 2.75) is 104 Å². The van der Waals surface area contributed by atoms with Gasteiger partial charge in [-0.15, -0.1) is 0 Å². The maximum atomic E-state index is 2.58. The lowest BCUT2D eigenvalue weighted by molar-refractivity contribution is 0.543. The summed E-state index contributed by atoms with van der Waals surface area (Å²) in [7, 11) is -0.0867. The molecule has 3 rings (SSSR count). The Labute approximate surface area is 178 Å². The fraction of sp³-hybridized carbons (Fsp3) is 0.769. The van der Waals surface area contributed by atoms with E-state index in [0.717, 1.165) is 46.3 Å².